The van der Waals surface area contributed by atoms with Gasteiger partial charge in [0.25, 0.3) is 0 Å². The lowest BCUT2D eigenvalue weighted by molar-refractivity contribution is 0.131. The third-order valence-corrected chi connectivity index (χ3v) is 4.90. The minimum Gasteiger partial charge on any atom is -0.410 e. The molecular weight excluding hydrogens is 272 g/mol. The quantitative estimate of drug-likeness (QED) is 0.785. The van der Waals surface area contributed by atoms with E-state index >= 15 is 0 Å². The number of fused-ring (bicyclic) bond motifs is 4. The lowest BCUT2D eigenvalue weighted by atomic mass is 10.1. The van der Waals surface area contributed by atoms with E-state index in [-0.39, 0.29) is 6.09 Å². The van der Waals surface area contributed by atoms with E-state index in [1.54, 1.807) is 11.8 Å². The second-order valence-electron chi connectivity index (χ2n) is 5.31. The zero-order chi connectivity index (χ0) is 13.9. The zero-order valence-electron chi connectivity index (χ0n) is 11.7. The highest BCUT2D eigenvalue weighted by atomic mass is 32.2. The number of hydrogen-bond donors (Lipinski definition) is 0. The predicted molar refractivity (Wildman–Crippen MR) is 80.4 cm³/mol. The highest BCUT2D eigenvalue weighted by Crippen LogP contribution is 2.23. The normalized spacial score (nSPS) is 25.4. The summed E-state index contributed by atoms with van der Waals surface area (Å²) < 4.78 is 5.52. The number of thioether (sulfide) groups is 1. The Labute approximate surface area is 124 Å². The lowest BCUT2D eigenvalue weighted by Gasteiger charge is -2.30. The van der Waals surface area contributed by atoms with E-state index in [2.05, 4.69) is 4.90 Å². The van der Waals surface area contributed by atoms with Crippen LogP contribution in [0.4, 0.5) is 4.79 Å². The lowest BCUT2D eigenvalue weighted by Crippen LogP contribution is -2.43. The van der Waals surface area contributed by atoms with Crippen LogP contribution in [0.3, 0.4) is 0 Å². The summed E-state index contributed by atoms with van der Waals surface area (Å²) in [5, 5.41) is 0. The predicted octanol–water partition coefficient (Wildman–Crippen LogP) is 2.69. The van der Waals surface area contributed by atoms with E-state index in [0.29, 0.717) is 11.8 Å². The number of benzene rings is 1. The Balaban J connectivity index is 1.65. The molecule has 0 N–H and O–H groups in total. The van der Waals surface area contributed by atoms with Crippen LogP contribution in [0.15, 0.2) is 29.2 Å². The second kappa shape index (κ2) is 6.06. The van der Waals surface area contributed by atoms with Gasteiger partial charge in [0.2, 0.25) is 0 Å². The van der Waals surface area contributed by atoms with Crippen LogP contribution < -0.4 is 4.74 Å². The van der Waals surface area contributed by atoms with Crippen molar-refractivity contribution in [2.75, 3.05) is 32.4 Å². The first kappa shape index (κ1) is 13.8. The standard InChI is InChI=1S/C15H20N2O2S/c1-20-14-4-2-13(3-5-14)19-15(18)17-11-10-16-8-6-12(17)7-9-16/h2-5,12H,6-11H2,1H3. The fourth-order valence-electron chi connectivity index (χ4n) is 2.93. The molecule has 108 valence electrons. The van der Waals surface area contributed by atoms with E-state index in [1.165, 1.54) is 4.90 Å². The molecule has 0 radical (unpaired) electrons. The largest absolute Gasteiger partial charge is 0.415 e. The van der Waals surface area contributed by atoms with Gasteiger partial charge < -0.3 is 14.5 Å². The van der Waals surface area contributed by atoms with Gasteiger partial charge in [-0.2, -0.15) is 0 Å². The summed E-state index contributed by atoms with van der Waals surface area (Å²) in [6.07, 6.45) is 3.97. The summed E-state index contributed by atoms with van der Waals surface area (Å²) in [6.45, 7) is 3.97. The number of nitrogens with zero attached hydrogens (tertiary/aromatic N) is 2. The Morgan fingerprint density at radius 2 is 1.85 bits per heavy atom. The molecule has 0 saturated carbocycles. The van der Waals surface area contributed by atoms with Gasteiger partial charge in [0.15, 0.2) is 0 Å². The molecule has 4 rings (SSSR count). The summed E-state index contributed by atoms with van der Waals surface area (Å²) in [6, 6.07) is 8.04. The Kier molecular flexibility index (Phi) is 4.17. The van der Waals surface area contributed by atoms with Gasteiger partial charge in [-0.1, -0.05) is 0 Å². The van der Waals surface area contributed by atoms with E-state index < -0.39 is 0 Å². The van der Waals surface area contributed by atoms with Gasteiger partial charge in [-0.05, 0) is 43.4 Å². The van der Waals surface area contributed by atoms with Crippen molar-refractivity contribution in [2.45, 2.75) is 23.8 Å². The minimum atomic E-state index is -0.198. The Morgan fingerprint density at radius 3 is 2.50 bits per heavy atom. The first-order chi connectivity index (χ1) is 9.76. The maximum atomic E-state index is 12.3. The topological polar surface area (TPSA) is 32.8 Å². The second-order valence-corrected chi connectivity index (χ2v) is 6.19. The van der Waals surface area contributed by atoms with Crippen molar-refractivity contribution in [1.82, 2.24) is 9.80 Å². The van der Waals surface area contributed by atoms with E-state index in [9.17, 15) is 4.79 Å². The van der Waals surface area contributed by atoms with Crippen LogP contribution in [0, 0.1) is 0 Å². The molecule has 0 aliphatic carbocycles. The third-order valence-electron chi connectivity index (χ3n) is 4.15. The molecule has 3 aliphatic heterocycles. The van der Waals surface area contributed by atoms with Crippen LogP contribution in [0.1, 0.15) is 12.8 Å². The maximum Gasteiger partial charge on any atom is 0.415 e. The molecule has 1 amide bonds. The van der Waals surface area contributed by atoms with Crippen molar-refractivity contribution >= 4 is 17.9 Å². The molecule has 3 fully saturated rings. The van der Waals surface area contributed by atoms with Crippen LogP contribution in [-0.2, 0) is 0 Å². The smallest absolute Gasteiger partial charge is 0.410 e. The molecular formula is C15H20N2O2S. The van der Waals surface area contributed by atoms with Crippen LogP contribution >= 0.6 is 11.8 Å². The summed E-state index contributed by atoms with van der Waals surface area (Å²) >= 11 is 1.68. The van der Waals surface area contributed by atoms with Crippen molar-refractivity contribution < 1.29 is 9.53 Å². The number of carbonyl (C=O) groups excluding carboxylic acids is 1. The monoisotopic (exact) mass is 292 g/mol. The Bertz CT molecular complexity index is 469. The number of piperidine rings is 1. The molecule has 0 atom stereocenters. The number of carbonyl (C=O) groups is 1. The molecule has 2 bridgehead atoms. The summed E-state index contributed by atoms with van der Waals surface area (Å²) in [5.74, 6) is 0.631. The van der Waals surface area contributed by atoms with Crippen molar-refractivity contribution in [1.29, 1.82) is 0 Å². The van der Waals surface area contributed by atoms with Crippen LogP contribution in [-0.4, -0.2) is 54.4 Å². The molecule has 4 nitrogen and oxygen atoms in total. The fraction of sp³-hybridized carbons (Fsp3) is 0.533. The summed E-state index contributed by atoms with van der Waals surface area (Å²) in [5.41, 5.74) is 0. The number of ether oxygens (including phenoxy) is 1. The van der Waals surface area contributed by atoms with Gasteiger partial charge in [0, 0.05) is 37.1 Å². The maximum absolute atomic E-state index is 12.3. The summed E-state index contributed by atoms with van der Waals surface area (Å²) in [4.78, 5) is 17.9. The minimum absolute atomic E-state index is 0.198. The number of amides is 1. The number of rotatable bonds is 2. The molecule has 1 aromatic rings. The number of hydrogen-bond acceptors (Lipinski definition) is 4. The van der Waals surface area contributed by atoms with Gasteiger partial charge in [0.1, 0.15) is 5.75 Å². The average Bonchev–Trinajstić information content (AvgIpc) is 2.81. The average molecular weight is 292 g/mol. The van der Waals surface area contributed by atoms with Crippen LogP contribution in [0.2, 0.25) is 0 Å². The van der Waals surface area contributed by atoms with Crippen molar-refractivity contribution in [3.8, 4) is 5.75 Å². The Morgan fingerprint density at radius 1 is 1.15 bits per heavy atom. The molecule has 0 aromatic heterocycles. The van der Waals surface area contributed by atoms with Gasteiger partial charge >= 0.3 is 6.09 Å². The molecule has 3 saturated heterocycles. The molecule has 3 aliphatic rings. The van der Waals surface area contributed by atoms with E-state index in [0.717, 1.165) is 39.0 Å². The third kappa shape index (κ3) is 2.94. The molecule has 3 heterocycles. The van der Waals surface area contributed by atoms with Gasteiger partial charge in [-0.3, -0.25) is 0 Å². The molecule has 1 aromatic carbocycles. The first-order valence-electron chi connectivity index (χ1n) is 7.11. The highest BCUT2D eigenvalue weighted by molar-refractivity contribution is 7.98. The van der Waals surface area contributed by atoms with E-state index in [4.69, 9.17) is 4.74 Å². The fourth-order valence-corrected chi connectivity index (χ4v) is 3.34. The zero-order valence-corrected chi connectivity index (χ0v) is 12.6. The van der Waals surface area contributed by atoms with Gasteiger partial charge in [-0.25, -0.2) is 4.79 Å². The first-order valence-corrected chi connectivity index (χ1v) is 8.33. The van der Waals surface area contributed by atoms with Crippen molar-refractivity contribution in [2.24, 2.45) is 0 Å². The Hall–Kier alpha value is -1.20. The van der Waals surface area contributed by atoms with Crippen molar-refractivity contribution in [3.63, 3.8) is 0 Å². The molecule has 20 heavy (non-hydrogen) atoms. The summed E-state index contributed by atoms with van der Waals surface area (Å²) in [7, 11) is 0. The van der Waals surface area contributed by atoms with Crippen LogP contribution in [0.5, 0.6) is 5.75 Å². The van der Waals surface area contributed by atoms with Gasteiger partial charge in [-0.15, -0.1) is 11.8 Å². The highest BCUT2D eigenvalue weighted by Gasteiger charge is 2.32. The van der Waals surface area contributed by atoms with Crippen LogP contribution in [0.25, 0.3) is 0 Å². The van der Waals surface area contributed by atoms with Gasteiger partial charge in [0.05, 0.1) is 0 Å². The molecule has 0 spiro atoms. The molecule has 5 heteroatoms. The SMILES string of the molecule is CSc1ccc(OC(=O)N2CCN3CCC2CC3)cc1. The van der Waals surface area contributed by atoms with Crippen molar-refractivity contribution in [3.05, 3.63) is 24.3 Å². The van der Waals surface area contributed by atoms with E-state index in [1.807, 2.05) is 35.4 Å². The molecule has 0 unspecified atom stereocenters.